The van der Waals surface area contributed by atoms with Gasteiger partial charge in [-0.1, -0.05) is 40.5 Å². The normalized spacial score (nSPS) is 29.3. The summed E-state index contributed by atoms with van der Waals surface area (Å²) < 4.78 is 13.0. The summed E-state index contributed by atoms with van der Waals surface area (Å²) in [6.45, 7) is 2.30. The van der Waals surface area contributed by atoms with E-state index in [1.807, 2.05) is 6.07 Å². The van der Waals surface area contributed by atoms with E-state index < -0.39 is 0 Å². The second kappa shape index (κ2) is 5.71. The van der Waals surface area contributed by atoms with Crippen LogP contribution < -0.4 is 0 Å². The van der Waals surface area contributed by atoms with E-state index in [2.05, 4.69) is 22.9 Å². The lowest BCUT2D eigenvalue weighted by Gasteiger charge is -2.31. The van der Waals surface area contributed by atoms with E-state index >= 15 is 0 Å². The molecule has 94 valence electrons. The van der Waals surface area contributed by atoms with Crippen molar-refractivity contribution >= 4 is 27.5 Å². The van der Waals surface area contributed by atoms with Crippen molar-refractivity contribution in [2.24, 2.45) is 11.8 Å². The van der Waals surface area contributed by atoms with Crippen molar-refractivity contribution in [3.8, 4) is 0 Å². The SMILES string of the molecule is CC1CCC(Br)C(Cc2ccc(F)cc2Cl)C1. The van der Waals surface area contributed by atoms with Gasteiger partial charge < -0.3 is 0 Å². The third-order valence-electron chi connectivity index (χ3n) is 3.65. The molecule has 1 fully saturated rings. The van der Waals surface area contributed by atoms with Gasteiger partial charge in [-0.3, -0.25) is 0 Å². The summed E-state index contributed by atoms with van der Waals surface area (Å²) in [6.07, 6.45) is 4.69. The lowest BCUT2D eigenvalue weighted by Crippen LogP contribution is -2.25. The standard InChI is InChI=1S/C14H17BrClF/c1-9-2-5-13(15)11(6-9)7-10-3-4-12(17)8-14(10)16/h3-4,8-9,11,13H,2,5-7H2,1H3. The third kappa shape index (κ3) is 3.45. The molecule has 1 aliphatic rings. The predicted molar refractivity (Wildman–Crippen MR) is 74.3 cm³/mol. The average Bonchev–Trinajstić information content (AvgIpc) is 2.27. The van der Waals surface area contributed by atoms with Crippen LogP contribution >= 0.6 is 27.5 Å². The first-order valence-electron chi connectivity index (χ1n) is 6.14. The van der Waals surface area contributed by atoms with Crippen molar-refractivity contribution in [3.63, 3.8) is 0 Å². The number of hydrogen-bond donors (Lipinski definition) is 0. The summed E-state index contributed by atoms with van der Waals surface area (Å²) >= 11 is 9.84. The van der Waals surface area contributed by atoms with Crippen LogP contribution in [0.4, 0.5) is 4.39 Å². The van der Waals surface area contributed by atoms with Gasteiger partial charge in [0.15, 0.2) is 0 Å². The van der Waals surface area contributed by atoms with Gasteiger partial charge in [-0.15, -0.1) is 0 Å². The van der Waals surface area contributed by atoms with E-state index in [1.54, 1.807) is 0 Å². The van der Waals surface area contributed by atoms with Crippen LogP contribution in [0.2, 0.25) is 5.02 Å². The summed E-state index contributed by atoms with van der Waals surface area (Å²) in [6, 6.07) is 4.72. The zero-order valence-electron chi connectivity index (χ0n) is 9.93. The molecule has 0 amide bonds. The molecule has 3 unspecified atom stereocenters. The van der Waals surface area contributed by atoms with E-state index in [1.165, 1.54) is 31.4 Å². The molecule has 0 saturated heterocycles. The van der Waals surface area contributed by atoms with E-state index in [4.69, 9.17) is 11.6 Å². The molecule has 17 heavy (non-hydrogen) atoms. The molecule has 0 radical (unpaired) electrons. The molecule has 1 aromatic rings. The van der Waals surface area contributed by atoms with Crippen LogP contribution in [0.5, 0.6) is 0 Å². The lowest BCUT2D eigenvalue weighted by molar-refractivity contribution is 0.294. The molecule has 0 aliphatic heterocycles. The van der Waals surface area contributed by atoms with Crippen LogP contribution in [-0.4, -0.2) is 4.83 Å². The zero-order chi connectivity index (χ0) is 12.4. The fraction of sp³-hybridized carbons (Fsp3) is 0.571. The molecular weight excluding hydrogens is 303 g/mol. The van der Waals surface area contributed by atoms with Gasteiger partial charge >= 0.3 is 0 Å². The van der Waals surface area contributed by atoms with E-state index in [9.17, 15) is 4.39 Å². The third-order valence-corrected chi connectivity index (χ3v) is 5.21. The molecule has 0 nitrogen and oxygen atoms in total. The smallest absolute Gasteiger partial charge is 0.124 e. The molecule has 0 aromatic heterocycles. The highest BCUT2D eigenvalue weighted by Crippen LogP contribution is 2.36. The molecule has 1 saturated carbocycles. The summed E-state index contributed by atoms with van der Waals surface area (Å²) in [4.78, 5) is 0.569. The maximum atomic E-state index is 13.0. The van der Waals surface area contributed by atoms with Crippen LogP contribution in [0.25, 0.3) is 0 Å². The van der Waals surface area contributed by atoms with Gasteiger partial charge in [0.2, 0.25) is 0 Å². The van der Waals surface area contributed by atoms with Crippen molar-refractivity contribution in [2.75, 3.05) is 0 Å². The van der Waals surface area contributed by atoms with Crippen molar-refractivity contribution in [1.82, 2.24) is 0 Å². The van der Waals surface area contributed by atoms with E-state index in [0.717, 1.165) is 17.9 Å². The van der Waals surface area contributed by atoms with Crippen LogP contribution in [-0.2, 0) is 6.42 Å². The molecular formula is C14H17BrClF. The molecule has 2 rings (SSSR count). The second-order valence-corrected chi connectivity index (χ2v) is 6.72. The Morgan fingerprint density at radius 3 is 2.88 bits per heavy atom. The van der Waals surface area contributed by atoms with Crippen molar-refractivity contribution in [1.29, 1.82) is 0 Å². The molecule has 3 atom stereocenters. The first-order valence-corrected chi connectivity index (χ1v) is 7.43. The van der Waals surface area contributed by atoms with Crippen molar-refractivity contribution in [2.45, 2.75) is 37.4 Å². The Morgan fingerprint density at radius 2 is 2.18 bits per heavy atom. The second-order valence-electron chi connectivity index (χ2n) is 5.13. The highest BCUT2D eigenvalue weighted by Gasteiger charge is 2.27. The zero-order valence-corrected chi connectivity index (χ0v) is 12.3. The van der Waals surface area contributed by atoms with Gasteiger partial charge in [0.1, 0.15) is 5.82 Å². The number of alkyl halides is 1. The van der Waals surface area contributed by atoms with Gasteiger partial charge in [-0.05, 0) is 55.2 Å². The summed E-state index contributed by atoms with van der Waals surface area (Å²) in [7, 11) is 0. The Hall–Kier alpha value is -0.0800. The van der Waals surface area contributed by atoms with Gasteiger partial charge in [-0.25, -0.2) is 4.39 Å². The molecule has 1 aliphatic carbocycles. The van der Waals surface area contributed by atoms with Crippen molar-refractivity contribution in [3.05, 3.63) is 34.6 Å². The topological polar surface area (TPSA) is 0 Å². The van der Waals surface area contributed by atoms with Gasteiger partial charge in [0, 0.05) is 9.85 Å². The molecule has 0 heterocycles. The van der Waals surface area contributed by atoms with Gasteiger partial charge in [-0.2, -0.15) is 0 Å². The number of hydrogen-bond acceptors (Lipinski definition) is 0. The van der Waals surface area contributed by atoms with E-state index in [-0.39, 0.29) is 5.82 Å². The van der Waals surface area contributed by atoms with Crippen LogP contribution in [0, 0.1) is 17.7 Å². The largest absolute Gasteiger partial charge is 0.207 e. The van der Waals surface area contributed by atoms with E-state index in [0.29, 0.717) is 15.8 Å². The minimum absolute atomic E-state index is 0.258. The first-order chi connectivity index (χ1) is 8.06. The Labute approximate surface area is 116 Å². The van der Waals surface area contributed by atoms with Crippen LogP contribution in [0.3, 0.4) is 0 Å². The van der Waals surface area contributed by atoms with Gasteiger partial charge in [0.25, 0.3) is 0 Å². The molecule has 3 heteroatoms. The fourth-order valence-corrected chi connectivity index (χ4v) is 3.55. The Bertz CT molecular complexity index is 394. The summed E-state index contributed by atoms with van der Waals surface area (Å²) in [5.41, 5.74) is 1.07. The number of rotatable bonds is 2. The maximum Gasteiger partial charge on any atom is 0.124 e. The van der Waals surface area contributed by atoms with Crippen molar-refractivity contribution < 1.29 is 4.39 Å². The lowest BCUT2D eigenvalue weighted by atomic mass is 9.79. The minimum Gasteiger partial charge on any atom is -0.207 e. The van der Waals surface area contributed by atoms with Crippen LogP contribution in [0.1, 0.15) is 31.7 Å². The summed E-state index contributed by atoms with van der Waals surface area (Å²) in [5, 5.41) is 0.558. The number of benzene rings is 1. The molecule has 1 aromatic carbocycles. The Kier molecular flexibility index (Phi) is 4.48. The minimum atomic E-state index is -0.258. The van der Waals surface area contributed by atoms with Gasteiger partial charge in [0.05, 0.1) is 0 Å². The molecule has 0 N–H and O–H groups in total. The quantitative estimate of drug-likeness (QED) is 0.655. The van der Waals surface area contributed by atoms with Crippen LogP contribution in [0.15, 0.2) is 18.2 Å². The molecule has 0 spiro atoms. The first kappa shape index (κ1) is 13.4. The monoisotopic (exact) mass is 318 g/mol. The Balaban J connectivity index is 2.08. The average molecular weight is 320 g/mol. The maximum absolute atomic E-state index is 13.0. The molecule has 0 bridgehead atoms. The number of halogens is 3. The highest BCUT2D eigenvalue weighted by molar-refractivity contribution is 9.09. The predicted octanol–water partition coefficient (Wildman–Crippen LogP) is 5.22. The Morgan fingerprint density at radius 1 is 1.41 bits per heavy atom. The highest BCUT2D eigenvalue weighted by atomic mass is 79.9. The fourth-order valence-electron chi connectivity index (χ4n) is 2.64. The summed E-state index contributed by atoms with van der Waals surface area (Å²) in [5.74, 6) is 1.14.